The smallest absolute Gasteiger partial charge is 0.325 e. The first-order chi connectivity index (χ1) is 12.6. The van der Waals surface area contributed by atoms with Gasteiger partial charge in [-0.15, -0.1) is 0 Å². The Hall–Kier alpha value is -3.09. The molecule has 2 aliphatic heterocycles. The minimum absolute atomic E-state index is 0.0599. The first kappa shape index (κ1) is 16.4. The van der Waals surface area contributed by atoms with Crippen LogP contribution in [0, 0.1) is 0 Å². The van der Waals surface area contributed by atoms with Crippen LogP contribution in [0.25, 0.3) is 0 Å². The van der Waals surface area contributed by atoms with Gasteiger partial charge in [0.1, 0.15) is 17.6 Å². The molecule has 2 N–H and O–H groups in total. The molecule has 0 radical (unpaired) electrons. The lowest BCUT2D eigenvalue weighted by Crippen LogP contribution is -2.30. The molecular formula is C19H20N4O3. The Balaban J connectivity index is 1.47. The predicted molar refractivity (Wildman–Crippen MR) is 95.6 cm³/mol. The van der Waals surface area contributed by atoms with Crippen molar-refractivity contribution in [3.05, 3.63) is 53.7 Å². The van der Waals surface area contributed by atoms with Gasteiger partial charge in [-0.2, -0.15) is 0 Å². The zero-order valence-electron chi connectivity index (χ0n) is 14.3. The van der Waals surface area contributed by atoms with Crippen molar-refractivity contribution in [3.63, 3.8) is 0 Å². The number of carbonyl (C=O) groups excluding carboxylic acids is 2. The minimum Gasteiger partial charge on any atom is -0.508 e. The number of nitrogens with zero attached hydrogens (tertiary/aromatic N) is 3. The predicted octanol–water partition coefficient (Wildman–Crippen LogP) is 2.18. The highest BCUT2D eigenvalue weighted by Crippen LogP contribution is 2.26. The fourth-order valence-electron chi connectivity index (χ4n) is 3.43. The van der Waals surface area contributed by atoms with E-state index >= 15 is 0 Å². The number of benzene rings is 1. The lowest BCUT2D eigenvalue weighted by molar-refractivity contribution is -0.128. The van der Waals surface area contributed by atoms with Crippen molar-refractivity contribution in [2.45, 2.75) is 25.4 Å². The molecule has 1 aromatic carbocycles. The van der Waals surface area contributed by atoms with Gasteiger partial charge in [0.05, 0.1) is 6.54 Å². The summed E-state index contributed by atoms with van der Waals surface area (Å²) in [7, 11) is 0. The Labute approximate surface area is 151 Å². The summed E-state index contributed by atoms with van der Waals surface area (Å²) in [5.41, 5.74) is 1.36. The SMILES string of the molecule is O=C1NC(c2cccc(O)c2)C(=O)N1Cc1ccc(N2CCCC2)nc1. The minimum atomic E-state index is -0.772. The number of hydrogen-bond acceptors (Lipinski definition) is 5. The van der Waals surface area contributed by atoms with Crippen LogP contribution in [0.4, 0.5) is 10.6 Å². The quantitative estimate of drug-likeness (QED) is 0.824. The summed E-state index contributed by atoms with van der Waals surface area (Å²) in [5, 5.41) is 12.3. The molecule has 4 rings (SSSR count). The highest BCUT2D eigenvalue weighted by Gasteiger charge is 2.39. The largest absolute Gasteiger partial charge is 0.508 e. The molecule has 0 saturated carbocycles. The van der Waals surface area contributed by atoms with Crippen molar-refractivity contribution in [3.8, 4) is 5.75 Å². The van der Waals surface area contributed by atoms with Crippen molar-refractivity contribution >= 4 is 17.8 Å². The summed E-state index contributed by atoms with van der Waals surface area (Å²) in [6.07, 6.45) is 4.08. The third-order valence-corrected chi connectivity index (χ3v) is 4.81. The van der Waals surface area contributed by atoms with Crippen molar-refractivity contribution in [1.29, 1.82) is 0 Å². The van der Waals surface area contributed by atoms with Crippen LogP contribution in [-0.4, -0.2) is 40.0 Å². The lowest BCUT2D eigenvalue weighted by Gasteiger charge is -2.17. The maximum Gasteiger partial charge on any atom is 0.325 e. The highest BCUT2D eigenvalue weighted by atomic mass is 16.3. The van der Waals surface area contributed by atoms with E-state index in [-0.39, 0.29) is 18.2 Å². The number of phenolic OH excluding ortho intramolecular Hbond substituents is 1. The molecule has 2 aromatic rings. The Morgan fingerprint density at radius 1 is 1.15 bits per heavy atom. The molecule has 3 amide bonds. The van der Waals surface area contributed by atoms with Gasteiger partial charge in [0.2, 0.25) is 0 Å². The zero-order valence-corrected chi connectivity index (χ0v) is 14.3. The van der Waals surface area contributed by atoms with E-state index in [9.17, 15) is 14.7 Å². The first-order valence-electron chi connectivity index (χ1n) is 8.72. The summed E-state index contributed by atoms with van der Waals surface area (Å²) < 4.78 is 0. The average molecular weight is 352 g/mol. The number of hydrogen-bond donors (Lipinski definition) is 2. The molecule has 0 spiro atoms. The van der Waals surface area contributed by atoms with Crippen LogP contribution in [0.15, 0.2) is 42.6 Å². The highest BCUT2D eigenvalue weighted by molar-refractivity contribution is 6.04. The molecule has 7 nitrogen and oxygen atoms in total. The fourth-order valence-corrected chi connectivity index (χ4v) is 3.43. The number of aromatic hydroxyl groups is 1. The van der Waals surface area contributed by atoms with E-state index in [1.807, 2.05) is 12.1 Å². The molecule has 2 saturated heterocycles. The van der Waals surface area contributed by atoms with Crippen LogP contribution in [0.1, 0.15) is 30.0 Å². The fraction of sp³-hybridized carbons (Fsp3) is 0.316. The molecule has 0 bridgehead atoms. The third kappa shape index (κ3) is 3.08. The molecule has 1 aromatic heterocycles. The number of amides is 3. The van der Waals surface area contributed by atoms with E-state index < -0.39 is 12.1 Å². The molecule has 0 aliphatic carbocycles. The Morgan fingerprint density at radius 2 is 1.96 bits per heavy atom. The lowest BCUT2D eigenvalue weighted by atomic mass is 10.1. The van der Waals surface area contributed by atoms with E-state index in [0.717, 1.165) is 24.5 Å². The molecule has 134 valence electrons. The van der Waals surface area contributed by atoms with Crippen molar-refractivity contribution in [2.75, 3.05) is 18.0 Å². The third-order valence-electron chi connectivity index (χ3n) is 4.81. The van der Waals surface area contributed by atoms with Gasteiger partial charge in [0.25, 0.3) is 5.91 Å². The standard InChI is InChI=1S/C19H20N4O3/c24-15-5-3-4-14(10-15)17-18(25)23(19(26)21-17)12-13-6-7-16(20-11-13)22-8-1-2-9-22/h3-7,10-11,17,24H,1-2,8-9,12H2,(H,21,26). The molecule has 26 heavy (non-hydrogen) atoms. The van der Waals surface area contributed by atoms with Gasteiger partial charge in [0, 0.05) is 19.3 Å². The van der Waals surface area contributed by atoms with Crippen LogP contribution in [0.5, 0.6) is 5.75 Å². The topological polar surface area (TPSA) is 85.8 Å². The van der Waals surface area contributed by atoms with E-state index in [2.05, 4.69) is 15.2 Å². The van der Waals surface area contributed by atoms with Crippen LogP contribution in [0.3, 0.4) is 0 Å². The summed E-state index contributed by atoms with van der Waals surface area (Å²) >= 11 is 0. The molecule has 1 unspecified atom stereocenters. The van der Waals surface area contributed by atoms with E-state index in [1.165, 1.54) is 29.9 Å². The van der Waals surface area contributed by atoms with E-state index in [0.29, 0.717) is 5.56 Å². The molecule has 1 atom stereocenters. The van der Waals surface area contributed by atoms with Crippen LogP contribution in [0.2, 0.25) is 0 Å². The van der Waals surface area contributed by atoms with Gasteiger partial charge in [-0.05, 0) is 42.2 Å². The second kappa shape index (κ2) is 6.67. The summed E-state index contributed by atoms with van der Waals surface area (Å²) in [4.78, 5) is 32.8. The van der Waals surface area contributed by atoms with Gasteiger partial charge >= 0.3 is 6.03 Å². The number of aromatic nitrogens is 1. The van der Waals surface area contributed by atoms with Gasteiger partial charge in [0.15, 0.2) is 0 Å². The number of carbonyl (C=O) groups is 2. The average Bonchev–Trinajstić information content (AvgIpc) is 3.27. The van der Waals surface area contributed by atoms with Crippen molar-refractivity contribution in [1.82, 2.24) is 15.2 Å². The van der Waals surface area contributed by atoms with Gasteiger partial charge in [-0.25, -0.2) is 9.78 Å². The van der Waals surface area contributed by atoms with Crippen molar-refractivity contribution < 1.29 is 14.7 Å². The number of nitrogens with one attached hydrogen (secondary N) is 1. The molecule has 2 fully saturated rings. The molecule has 2 aliphatic rings. The summed E-state index contributed by atoms with van der Waals surface area (Å²) in [6, 6.07) is 8.99. The second-order valence-electron chi connectivity index (χ2n) is 6.62. The zero-order chi connectivity index (χ0) is 18.1. The van der Waals surface area contributed by atoms with Gasteiger partial charge in [-0.1, -0.05) is 18.2 Å². The Morgan fingerprint density at radius 3 is 2.65 bits per heavy atom. The van der Waals surface area contributed by atoms with Crippen molar-refractivity contribution in [2.24, 2.45) is 0 Å². The number of phenols is 1. The molecular weight excluding hydrogens is 332 g/mol. The number of imide groups is 1. The molecule has 7 heteroatoms. The van der Waals surface area contributed by atoms with Gasteiger partial charge in [-0.3, -0.25) is 9.69 Å². The summed E-state index contributed by atoms with van der Waals surface area (Å²) in [6.45, 7) is 2.21. The van der Waals surface area contributed by atoms with E-state index in [4.69, 9.17) is 0 Å². The first-order valence-corrected chi connectivity index (χ1v) is 8.72. The van der Waals surface area contributed by atoms with E-state index in [1.54, 1.807) is 18.3 Å². The Bertz CT molecular complexity index is 831. The molecule has 3 heterocycles. The van der Waals surface area contributed by atoms with Crippen LogP contribution >= 0.6 is 0 Å². The number of anilines is 1. The van der Waals surface area contributed by atoms with Gasteiger partial charge < -0.3 is 15.3 Å². The van der Waals surface area contributed by atoms with Crippen LogP contribution < -0.4 is 10.2 Å². The number of rotatable bonds is 4. The Kier molecular flexibility index (Phi) is 4.20. The number of urea groups is 1. The normalized spacial score (nSPS) is 19.9. The number of pyridine rings is 1. The maximum absolute atomic E-state index is 12.6. The maximum atomic E-state index is 12.6. The summed E-state index contributed by atoms with van der Waals surface area (Å²) in [5.74, 6) is 0.662. The second-order valence-corrected chi connectivity index (χ2v) is 6.62. The monoisotopic (exact) mass is 352 g/mol. The van der Waals surface area contributed by atoms with Crippen LogP contribution in [-0.2, 0) is 11.3 Å².